The van der Waals surface area contributed by atoms with E-state index in [9.17, 15) is 9.90 Å². The number of carbonyl (C=O) groups excluding carboxylic acids is 1. The lowest BCUT2D eigenvalue weighted by Crippen LogP contribution is -2.27. The summed E-state index contributed by atoms with van der Waals surface area (Å²) in [4.78, 5) is 16.4. The van der Waals surface area contributed by atoms with E-state index in [1.165, 1.54) is 4.70 Å². The summed E-state index contributed by atoms with van der Waals surface area (Å²) in [6.07, 6.45) is 1.06. The van der Waals surface area contributed by atoms with Gasteiger partial charge in [-0.05, 0) is 29.8 Å². The number of carbonyl (C=O) groups is 1. The van der Waals surface area contributed by atoms with Crippen molar-refractivity contribution in [3.63, 3.8) is 0 Å². The van der Waals surface area contributed by atoms with E-state index in [2.05, 4.69) is 16.4 Å². The highest BCUT2D eigenvalue weighted by Crippen LogP contribution is 2.21. The molecule has 4 nitrogen and oxygen atoms in total. The van der Waals surface area contributed by atoms with Crippen LogP contribution in [0.5, 0.6) is 5.75 Å². The van der Waals surface area contributed by atoms with Crippen LogP contribution < -0.4 is 5.32 Å². The molecule has 22 heavy (non-hydrogen) atoms. The van der Waals surface area contributed by atoms with Crippen LogP contribution in [0.4, 0.5) is 0 Å². The van der Waals surface area contributed by atoms with Crippen molar-refractivity contribution in [2.45, 2.75) is 12.8 Å². The van der Waals surface area contributed by atoms with E-state index in [1.54, 1.807) is 35.6 Å². The highest BCUT2D eigenvalue weighted by atomic mass is 32.1. The first kappa shape index (κ1) is 14.5. The zero-order valence-corrected chi connectivity index (χ0v) is 12.8. The topological polar surface area (TPSA) is 62.2 Å². The van der Waals surface area contributed by atoms with Gasteiger partial charge in [0.25, 0.3) is 0 Å². The van der Waals surface area contributed by atoms with Crippen molar-refractivity contribution in [2.75, 3.05) is 6.54 Å². The summed E-state index contributed by atoms with van der Waals surface area (Å²) in [5.74, 6) is 0.187. The number of nitrogens with zero attached hydrogens (tertiary/aromatic N) is 1. The van der Waals surface area contributed by atoms with Gasteiger partial charge in [0.2, 0.25) is 5.91 Å². The lowest BCUT2D eigenvalue weighted by Gasteiger charge is -2.04. The van der Waals surface area contributed by atoms with Gasteiger partial charge in [-0.2, -0.15) is 0 Å². The van der Waals surface area contributed by atoms with E-state index in [-0.39, 0.29) is 11.7 Å². The highest BCUT2D eigenvalue weighted by Gasteiger charge is 2.06. The molecule has 0 radical (unpaired) electrons. The molecule has 0 fully saturated rings. The highest BCUT2D eigenvalue weighted by molar-refractivity contribution is 7.18. The normalized spacial score (nSPS) is 10.7. The second-order valence-corrected chi connectivity index (χ2v) is 6.13. The number of amides is 1. The molecule has 3 aromatic rings. The Kier molecular flexibility index (Phi) is 4.34. The first-order chi connectivity index (χ1) is 10.7. The quantitative estimate of drug-likeness (QED) is 0.761. The van der Waals surface area contributed by atoms with Crippen LogP contribution in [-0.4, -0.2) is 22.5 Å². The Labute approximate surface area is 132 Å². The Hall–Kier alpha value is -2.40. The number of thiazole rings is 1. The van der Waals surface area contributed by atoms with E-state index in [4.69, 9.17) is 0 Å². The number of fused-ring (bicyclic) bond motifs is 1. The third kappa shape index (κ3) is 3.62. The van der Waals surface area contributed by atoms with Crippen molar-refractivity contribution in [3.8, 4) is 5.75 Å². The molecular weight excluding hydrogens is 296 g/mol. The van der Waals surface area contributed by atoms with Crippen LogP contribution >= 0.6 is 11.3 Å². The first-order valence-corrected chi connectivity index (χ1v) is 7.91. The number of nitrogens with one attached hydrogen (secondary N) is 1. The molecule has 1 heterocycles. The van der Waals surface area contributed by atoms with Crippen LogP contribution in [0, 0.1) is 0 Å². The van der Waals surface area contributed by atoms with Gasteiger partial charge >= 0.3 is 0 Å². The summed E-state index contributed by atoms with van der Waals surface area (Å²) < 4.78 is 1.17. The zero-order valence-electron chi connectivity index (χ0n) is 12.0. The van der Waals surface area contributed by atoms with E-state index in [1.807, 2.05) is 18.2 Å². The molecule has 0 saturated heterocycles. The monoisotopic (exact) mass is 312 g/mol. The number of phenolic OH excluding ortho intramolecular Hbond substituents is 1. The molecule has 3 rings (SSSR count). The van der Waals surface area contributed by atoms with Crippen molar-refractivity contribution in [1.82, 2.24) is 10.3 Å². The third-order valence-electron chi connectivity index (χ3n) is 3.30. The van der Waals surface area contributed by atoms with Crippen molar-refractivity contribution >= 4 is 27.5 Å². The molecule has 0 spiro atoms. The first-order valence-electron chi connectivity index (χ1n) is 7.10. The Balaban J connectivity index is 1.49. The third-order valence-corrected chi connectivity index (χ3v) is 4.40. The van der Waals surface area contributed by atoms with Crippen molar-refractivity contribution in [1.29, 1.82) is 0 Å². The SMILES string of the molecule is O=C(Cc1ccc(O)cc1)NCCc1nc2ccccc2s1. The minimum atomic E-state index is -0.0215. The summed E-state index contributed by atoms with van der Waals surface area (Å²) in [6, 6.07) is 14.7. The number of para-hydroxylation sites is 1. The number of aromatic hydroxyl groups is 1. The van der Waals surface area contributed by atoms with Crippen molar-refractivity contribution in [2.24, 2.45) is 0 Å². The van der Waals surface area contributed by atoms with Crippen LogP contribution in [0.25, 0.3) is 10.2 Å². The molecule has 112 valence electrons. The maximum Gasteiger partial charge on any atom is 0.224 e. The number of benzene rings is 2. The molecular formula is C17H16N2O2S. The number of hydrogen-bond donors (Lipinski definition) is 2. The molecule has 0 bridgehead atoms. The van der Waals surface area contributed by atoms with Gasteiger partial charge < -0.3 is 10.4 Å². The molecule has 0 aliphatic carbocycles. The molecule has 0 atom stereocenters. The van der Waals surface area contributed by atoms with Gasteiger partial charge in [0.1, 0.15) is 5.75 Å². The van der Waals surface area contributed by atoms with Crippen LogP contribution in [0.2, 0.25) is 0 Å². The van der Waals surface area contributed by atoms with Crippen LogP contribution in [0.15, 0.2) is 48.5 Å². The van der Waals surface area contributed by atoms with Gasteiger partial charge in [0.15, 0.2) is 0 Å². The molecule has 2 aromatic carbocycles. The van der Waals surface area contributed by atoms with Crippen LogP contribution in [0.1, 0.15) is 10.6 Å². The standard InChI is InChI=1S/C17H16N2O2S/c20-13-7-5-12(6-8-13)11-16(21)18-10-9-17-19-14-3-1-2-4-15(14)22-17/h1-8,20H,9-11H2,(H,18,21). The Bertz CT molecular complexity index is 748. The fourth-order valence-electron chi connectivity index (χ4n) is 2.20. The minimum Gasteiger partial charge on any atom is -0.508 e. The van der Waals surface area contributed by atoms with Gasteiger partial charge in [0, 0.05) is 13.0 Å². The minimum absolute atomic E-state index is 0.0215. The number of phenols is 1. The van der Waals surface area contributed by atoms with Gasteiger partial charge in [-0.3, -0.25) is 4.79 Å². The van der Waals surface area contributed by atoms with Crippen LogP contribution in [-0.2, 0) is 17.6 Å². The van der Waals surface area contributed by atoms with Crippen LogP contribution in [0.3, 0.4) is 0 Å². The average molecular weight is 312 g/mol. The molecule has 0 aliphatic heterocycles. The number of aromatic nitrogens is 1. The van der Waals surface area contributed by atoms with Gasteiger partial charge in [-0.15, -0.1) is 11.3 Å². The maximum atomic E-state index is 11.9. The Morgan fingerprint density at radius 2 is 1.91 bits per heavy atom. The fraction of sp³-hybridized carbons (Fsp3) is 0.176. The predicted octanol–water partition coefficient (Wildman–Crippen LogP) is 2.90. The van der Waals surface area contributed by atoms with Gasteiger partial charge in [0.05, 0.1) is 21.6 Å². The zero-order chi connectivity index (χ0) is 15.4. The van der Waals surface area contributed by atoms with Crippen molar-refractivity contribution in [3.05, 3.63) is 59.1 Å². The summed E-state index contributed by atoms with van der Waals surface area (Å²) in [6.45, 7) is 0.580. The fourth-order valence-corrected chi connectivity index (χ4v) is 3.16. The molecule has 0 aliphatic rings. The second kappa shape index (κ2) is 6.58. The summed E-state index contributed by atoms with van der Waals surface area (Å²) >= 11 is 1.66. The summed E-state index contributed by atoms with van der Waals surface area (Å²) in [7, 11) is 0. The second-order valence-electron chi connectivity index (χ2n) is 5.02. The maximum absolute atomic E-state index is 11.9. The average Bonchev–Trinajstić information content (AvgIpc) is 2.92. The summed E-state index contributed by atoms with van der Waals surface area (Å²) in [5, 5.41) is 13.1. The number of rotatable bonds is 5. The lowest BCUT2D eigenvalue weighted by molar-refractivity contribution is -0.120. The molecule has 1 amide bonds. The van der Waals surface area contributed by atoms with E-state index >= 15 is 0 Å². The molecule has 5 heteroatoms. The molecule has 0 saturated carbocycles. The largest absolute Gasteiger partial charge is 0.508 e. The Morgan fingerprint density at radius 3 is 2.68 bits per heavy atom. The molecule has 0 unspecified atom stereocenters. The molecule has 2 N–H and O–H groups in total. The van der Waals surface area contributed by atoms with Crippen molar-refractivity contribution < 1.29 is 9.90 Å². The number of hydrogen-bond acceptors (Lipinski definition) is 4. The lowest BCUT2D eigenvalue weighted by atomic mass is 10.1. The van der Waals surface area contributed by atoms with E-state index in [0.717, 1.165) is 22.5 Å². The summed E-state index contributed by atoms with van der Waals surface area (Å²) in [5.41, 5.74) is 1.90. The van der Waals surface area contributed by atoms with Gasteiger partial charge in [-0.1, -0.05) is 24.3 Å². The Morgan fingerprint density at radius 1 is 1.14 bits per heavy atom. The van der Waals surface area contributed by atoms with Gasteiger partial charge in [-0.25, -0.2) is 4.98 Å². The van der Waals surface area contributed by atoms with E-state index in [0.29, 0.717) is 13.0 Å². The van der Waals surface area contributed by atoms with E-state index < -0.39 is 0 Å². The predicted molar refractivity (Wildman–Crippen MR) is 88.1 cm³/mol. The molecule has 1 aromatic heterocycles. The smallest absolute Gasteiger partial charge is 0.224 e.